The number of methoxy groups -OCH3 is 1. The Bertz CT molecular complexity index is 482. The highest BCUT2D eigenvalue weighted by atomic mass is 19.1. The fourth-order valence-electron chi connectivity index (χ4n) is 3.61. The fraction of sp³-hybridized carbons (Fsp3) is 0.647. The number of nitrogens with one attached hydrogen (secondary N) is 1. The largest absolute Gasteiger partial charge is 0.495 e. The molecule has 1 aromatic rings. The van der Waals surface area contributed by atoms with E-state index in [0.717, 1.165) is 6.54 Å². The second kappa shape index (κ2) is 6.54. The van der Waals surface area contributed by atoms with Crippen LogP contribution in [0, 0.1) is 17.2 Å². The van der Waals surface area contributed by atoms with E-state index in [1.54, 1.807) is 13.2 Å². The fourth-order valence-corrected chi connectivity index (χ4v) is 3.61. The SMILES string of the molecule is COc1cc(NCC2(CC(C)C)CCCC2)c(F)cc1N. The summed E-state index contributed by atoms with van der Waals surface area (Å²) >= 11 is 0. The molecule has 0 aromatic heterocycles. The first-order valence-corrected chi connectivity index (χ1v) is 7.83. The van der Waals surface area contributed by atoms with Crippen LogP contribution in [0.2, 0.25) is 0 Å². The van der Waals surface area contributed by atoms with Gasteiger partial charge >= 0.3 is 0 Å². The first-order valence-electron chi connectivity index (χ1n) is 7.83. The van der Waals surface area contributed by atoms with E-state index in [0.29, 0.717) is 28.5 Å². The average molecular weight is 294 g/mol. The number of benzene rings is 1. The molecule has 0 amide bonds. The molecule has 4 heteroatoms. The third-order valence-corrected chi connectivity index (χ3v) is 4.48. The number of hydrogen-bond donors (Lipinski definition) is 2. The summed E-state index contributed by atoms with van der Waals surface area (Å²) in [6.45, 7) is 5.33. The van der Waals surface area contributed by atoms with Crippen molar-refractivity contribution in [2.24, 2.45) is 11.3 Å². The Morgan fingerprint density at radius 2 is 2.00 bits per heavy atom. The van der Waals surface area contributed by atoms with E-state index in [-0.39, 0.29) is 5.82 Å². The van der Waals surface area contributed by atoms with Crippen molar-refractivity contribution in [3.05, 3.63) is 17.9 Å². The standard InChI is InChI=1S/C17H27FN2O/c1-12(2)10-17(6-4-5-7-17)11-20-15-9-16(21-3)14(19)8-13(15)18/h8-9,12,20H,4-7,10-11,19H2,1-3H3. The van der Waals surface area contributed by atoms with Crippen LogP contribution in [-0.4, -0.2) is 13.7 Å². The van der Waals surface area contributed by atoms with Crippen molar-refractivity contribution < 1.29 is 9.13 Å². The summed E-state index contributed by atoms with van der Waals surface area (Å²) in [4.78, 5) is 0. The second-order valence-corrected chi connectivity index (χ2v) is 6.73. The summed E-state index contributed by atoms with van der Waals surface area (Å²) in [6, 6.07) is 2.98. The van der Waals surface area contributed by atoms with Gasteiger partial charge < -0.3 is 15.8 Å². The van der Waals surface area contributed by atoms with E-state index in [1.807, 2.05) is 0 Å². The van der Waals surface area contributed by atoms with Crippen LogP contribution in [0.3, 0.4) is 0 Å². The number of rotatable bonds is 6. The lowest BCUT2D eigenvalue weighted by Crippen LogP contribution is -2.28. The molecule has 0 unspecified atom stereocenters. The molecule has 1 aromatic carbocycles. The number of nitrogens with two attached hydrogens (primary N) is 1. The number of halogens is 1. The van der Waals surface area contributed by atoms with Crippen LogP contribution < -0.4 is 15.8 Å². The monoisotopic (exact) mass is 294 g/mol. The highest BCUT2D eigenvalue weighted by Gasteiger charge is 2.34. The lowest BCUT2D eigenvalue weighted by atomic mass is 9.78. The molecule has 1 aliphatic rings. The van der Waals surface area contributed by atoms with Crippen molar-refractivity contribution in [1.82, 2.24) is 0 Å². The molecular weight excluding hydrogens is 267 g/mol. The van der Waals surface area contributed by atoms with Crippen LogP contribution in [0.25, 0.3) is 0 Å². The highest BCUT2D eigenvalue weighted by Crippen LogP contribution is 2.43. The third kappa shape index (κ3) is 3.80. The molecule has 1 fully saturated rings. The van der Waals surface area contributed by atoms with E-state index >= 15 is 0 Å². The lowest BCUT2D eigenvalue weighted by molar-refractivity contribution is 0.252. The molecule has 0 bridgehead atoms. The minimum Gasteiger partial charge on any atom is -0.495 e. The number of ether oxygens (including phenoxy) is 1. The number of anilines is 2. The number of hydrogen-bond acceptors (Lipinski definition) is 3. The molecule has 0 atom stereocenters. The Balaban J connectivity index is 2.10. The normalized spacial score (nSPS) is 17.2. The Hall–Kier alpha value is -1.45. The van der Waals surface area contributed by atoms with Crippen molar-refractivity contribution in [2.75, 3.05) is 24.7 Å². The van der Waals surface area contributed by atoms with Gasteiger partial charge in [-0.25, -0.2) is 4.39 Å². The zero-order valence-corrected chi connectivity index (χ0v) is 13.3. The zero-order valence-electron chi connectivity index (χ0n) is 13.3. The topological polar surface area (TPSA) is 47.3 Å². The minimum atomic E-state index is -0.314. The molecule has 0 heterocycles. The predicted octanol–water partition coefficient (Wildman–Crippen LogP) is 4.43. The minimum absolute atomic E-state index is 0.301. The van der Waals surface area contributed by atoms with Gasteiger partial charge in [-0.05, 0) is 30.6 Å². The Labute approximate surface area is 127 Å². The van der Waals surface area contributed by atoms with E-state index in [4.69, 9.17) is 10.5 Å². The maximum atomic E-state index is 14.0. The van der Waals surface area contributed by atoms with Crippen LogP contribution in [0.5, 0.6) is 5.75 Å². The molecule has 0 saturated heterocycles. The average Bonchev–Trinajstić information content (AvgIpc) is 2.86. The van der Waals surface area contributed by atoms with E-state index in [1.165, 1.54) is 38.2 Å². The van der Waals surface area contributed by atoms with Gasteiger partial charge in [-0.15, -0.1) is 0 Å². The van der Waals surface area contributed by atoms with Crippen LogP contribution >= 0.6 is 0 Å². The molecule has 3 N–H and O–H groups in total. The molecule has 2 rings (SSSR count). The second-order valence-electron chi connectivity index (χ2n) is 6.73. The lowest BCUT2D eigenvalue weighted by Gasteiger charge is -2.31. The first kappa shape index (κ1) is 15.9. The van der Waals surface area contributed by atoms with Crippen molar-refractivity contribution in [1.29, 1.82) is 0 Å². The summed E-state index contributed by atoms with van der Waals surface area (Å²) in [7, 11) is 1.55. The predicted molar refractivity (Wildman–Crippen MR) is 86.2 cm³/mol. The molecule has 118 valence electrons. The highest BCUT2D eigenvalue weighted by molar-refractivity contribution is 5.62. The maximum Gasteiger partial charge on any atom is 0.148 e. The van der Waals surface area contributed by atoms with Gasteiger partial charge in [-0.1, -0.05) is 26.7 Å². The molecular formula is C17H27FN2O. The summed E-state index contributed by atoms with van der Waals surface area (Å²) in [5.74, 6) is 0.866. The van der Waals surface area contributed by atoms with Crippen LogP contribution in [0.15, 0.2) is 12.1 Å². The molecule has 0 spiro atoms. The van der Waals surface area contributed by atoms with Gasteiger partial charge in [0, 0.05) is 18.7 Å². The molecule has 1 aliphatic carbocycles. The molecule has 21 heavy (non-hydrogen) atoms. The molecule has 1 saturated carbocycles. The van der Waals surface area contributed by atoms with Gasteiger partial charge in [-0.3, -0.25) is 0 Å². The quantitative estimate of drug-likeness (QED) is 0.763. The van der Waals surface area contributed by atoms with Gasteiger partial charge in [0.1, 0.15) is 11.6 Å². The van der Waals surface area contributed by atoms with Crippen LogP contribution in [0.4, 0.5) is 15.8 Å². The summed E-state index contributed by atoms with van der Waals surface area (Å²) in [5, 5.41) is 3.29. The molecule has 0 radical (unpaired) electrons. The Morgan fingerprint density at radius 1 is 1.33 bits per heavy atom. The van der Waals surface area contributed by atoms with Gasteiger partial charge in [0.05, 0.1) is 18.5 Å². The van der Waals surface area contributed by atoms with E-state index < -0.39 is 0 Å². The Kier molecular flexibility index (Phi) is 4.96. The van der Waals surface area contributed by atoms with Gasteiger partial charge in [0.2, 0.25) is 0 Å². The van der Waals surface area contributed by atoms with Crippen molar-refractivity contribution in [3.63, 3.8) is 0 Å². The summed E-state index contributed by atoms with van der Waals surface area (Å²) in [6.07, 6.45) is 6.20. The van der Waals surface area contributed by atoms with Crippen molar-refractivity contribution >= 4 is 11.4 Å². The first-order chi connectivity index (χ1) is 9.96. The van der Waals surface area contributed by atoms with Crippen LogP contribution in [0.1, 0.15) is 46.0 Å². The summed E-state index contributed by atoms with van der Waals surface area (Å²) < 4.78 is 19.2. The number of nitrogen functional groups attached to an aromatic ring is 1. The molecule has 0 aliphatic heterocycles. The van der Waals surface area contributed by atoms with E-state index in [9.17, 15) is 4.39 Å². The van der Waals surface area contributed by atoms with Gasteiger partial charge in [-0.2, -0.15) is 0 Å². The maximum absolute atomic E-state index is 14.0. The van der Waals surface area contributed by atoms with Crippen molar-refractivity contribution in [3.8, 4) is 5.75 Å². The van der Waals surface area contributed by atoms with Gasteiger partial charge in [0.25, 0.3) is 0 Å². The third-order valence-electron chi connectivity index (χ3n) is 4.48. The smallest absolute Gasteiger partial charge is 0.148 e. The zero-order chi connectivity index (χ0) is 15.5. The molecule has 3 nitrogen and oxygen atoms in total. The van der Waals surface area contributed by atoms with Crippen LogP contribution in [-0.2, 0) is 0 Å². The van der Waals surface area contributed by atoms with E-state index in [2.05, 4.69) is 19.2 Å². The van der Waals surface area contributed by atoms with Gasteiger partial charge in [0.15, 0.2) is 0 Å². The van der Waals surface area contributed by atoms with Crippen molar-refractivity contribution in [2.45, 2.75) is 46.0 Å². The Morgan fingerprint density at radius 3 is 2.57 bits per heavy atom. The summed E-state index contributed by atoms with van der Waals surface area (Å²) in [5.41, 5.74) is 6.83.